The first-order valence-electron chi connectivity index (χ1n) is 14.8. The highest BCUT2D eigenvalue weighted by atomic mass is 19.1. The predicted molar refractivity (Wildman–Crippen MR) is 168 cm³/mol. The summed E-state index contributed by atoms with van der Waals surface area (Å²) in [4.78, 5) is 35.1. The molecule has 0 saturated carbocycles. The lowest BCUT2D eigenvalue weighted by Crippen LogP contribution is -2.53. The fourth-order valence-electron chi connectivity index (χ4n) is 5.59. The lowest BCUT2D eigenvalue weighted by Gasteiger charge is -2.42. The van der Waals surface area contributed by atoms with Gasteiger partial charge in [-0.3, -0.25) is 4.90 Å². The molecule has 236 valence electrons. The Balaban J connectivity index is 1.47. The zero-order valence-corrected chi connectivity index (χ0v) is 26.1. The molecule has 1 amide bonds. The van der Waals surface area contributed by atoms with Crippen LogP contribution in [0.15, 0.2) is 60.8 Å². The van der Waals surface area contributed by atoms with E-state index in [0.717, 1.165) is 28.2 Å². The zero-order valence-electron chi connectivity index (χ0n) is 26.1. The number of nitrogens with zero attached hydrogens (tertiary/aromatic N) is 7. The lowest BCUT2D eigenvalue weighted by molar-refractivity contribution is 0.0529. The molecule has 2 atom stereocenters. The van der Waals surface area contributed by atoms with Gasteiger partial charge in [-0.15, -0.1) is 0 Å². The number of hydrogen-bond donors (Lipinski definition) is 1. The molecule has 45 heavy (non-hydrogen) atoms. The van der Waals surface area contributed by atoms with E-state index >= 15 is 4.39 Å². The fraction of sp³-hybridized carbons (Fsp3) is 0.364. The Morgan fingerprint density at radius 2 is 1.60 bits per heavy atom. The van der Waals surface area contributed by atoms with Gasteiger partial charge in [0, 0.05) is 51.0 Å². The van der Waals surface area contributed by atoms with E-state index in [1.807, 2.05) is 67.3 Å². The van der Waals surface area contributed by atoms with Crippen LogP contribution in [0.2, 0.25) is 0 Å². The summed E-state index contributed by atoms with van der Waals surface area (Å²) in [6, 6.07) is 17.1. The smallest absolute Gasteiger partial charge is 0.407 e. The summed E-state index contributed by atoms with van der Waals surface area (Å²) in [6.07, 6.45) is 0.600. The monoisotopic (exact) mass is 615 g/mol. The Labute approximate surface area is 262 Å². The zero-order chi connectivity index (χ0) is 32.1. The number of aromatic nitrogens is 4. The minimum atomic E-state index is -0.922. The Morgan fingerprint density at radius 1 is 1.00 bits per heavy atom. The first kappa shape index (κ1) is 31.6. The van der Waals surface area contributed by atoms with Crippen LogP contribution in [-0.2, 0) is 13.1 Å². The molecule has 1 aliphatic rings. The fourth-order valence-corrected chi connectivity index (χ4v) is 5.59. The molecule has 2 aromatic heterocycles. The summed E-state index contributed by atoms with van der Waals surface area (Å²) in [5, 5.41) is 9.41. The van der Waals surface area contributed by atoms with Crippen molar-refractivity contribution in [3.05, 3.63) is 89.3 Å². The van der Waals surface area contributed by atoms with Crippen LogP contribution < -0.4 is 14.4 Å². The van der Waals surface area contributed by atoms with Crippen molar-refractivity contribution in [3.63, 3.8) is 0 Å². The Bertz CT molecular complexity index is 1570. The normalized spacial score (nSPS) is 15.9. The molecule has 4 aromatic rings. The van der Waals surface area contributed by atoms with E-state index in [9.17, 15) is 9.90 Å². The van der Waals surface area contributed by atoms with E-state index in [1.165, 1.54) is 11.1 Å². The molecule has 0 aliphatic carbocycles. The van der Waals surface area contributed by atoms with Crippen LogP contribution in [0, 0.1) is 12.9 Å². The molecule has 11 nitrogen and oxygen atoms in total. The number of ether oxygens (including phenoxy) is 2. The standard InChI is InChI=1S/C33H38FN7O4/c1-21-18-39(33(42)43)14-15-41(21)22(2)26-16-29(30(34)35-17-26)31-36-23(3)37-32(38-31)40(19-24-6-10-27(44-4)11-7-24)20-25-8-12-28(45-5)13-9-25/h6-13,16-17,21-22H,14-15,18-20H2,1-5H3,(H,42,43). The lowest BCUT2D eigenvalue weighted by atomic mass is 10.0. The van der Waals surface area contributed by atoms with E-state index in [4.69, 9.17) is 14.5 Å². The Morgan fingerprint density at radius 3 is 2.13 bits per heavy atom. The molecule has 0 radical (unpaired) electrons. The maximum absolute atomic E-state index is 15.3. The van der Waals surface area contributed by atoms with Crippen LogP contribution in [0.5, 0.6) is 11.5 Å². The van der Waals surface area contributed by atoms with Crippen molar-refractivity contribution < 1.29 is 23.8 Å². The highest BCUT2D eigenvalue weighted by molar-refractivity contribution is 5.65. The van der Waals surface area contributed by atoms with Crippen LogP contribution in [-0.4, -0.2) is 80.8 Å². The van der Waals surface area contributed by atoms with E-state index in [2.05, 4.69) is 19.9 Å². The first-order chi connectivity index (χ1) is 21.6. The average molecular weight is 616 g/mol. The van der Waals surface area contributed by atoms with Gasteiger partial charge in [0.2, 0.25) is 11.9 Å². The molecule has 1 N–H and O–H groups in total. The van der Waals surface area contributed by atoms with Gasteiger partial charge in [-0.05, 0) is 67.8 Å². The second kappa shape index (κ2) is 13.9. The van der Waals surface area contributed by atoms with Gasteiger partial charge < -0.3 is 24.4 Å². The summed E-state index contributed by atoms with van der Waals surface area (Å²) in [6.45, 7) is 8.09. The maximum atomic E-state index is 15.3. The minimum Gasteiger partial charge on any atom is -0.497 e. The van der Waals surface area contributed by atoms with E-state index in [1.54, 1.807) is 27.2 Å². The molecule has 12 heteroatoms. The topological polar surface area (TPSA) is 117 Å². The molecule has 2 aromatic carbocycles. The summed E-state index contributed by atoms with van der Waals surface area (Å²) in [5.41, 5.74) is 3.00. The largest absolute Gasteiger partial charge is 0.497 e. The number of anilines is 1. The summed E-state index contributed by atoms with van der Waals surface area (Å²) < 4.78 is 26.0. The Hall–Kier alpha value is -4.84. The van der Waals surface area contributed by atoms with Crippen molar-refractivity contribution >= 4 is 12.0 Å². The third-order valence-electron chi connectivity index (χ3n) is 8.11. The molecule has 1 saturated heterocycles. The van der Waals surface area contributed by atoms with Crippen molar-refractivity contribution in [3.8, 4) is 22.9 Å². The number of aryl methyl sites for hydroxylation is 1. The van der Waals surface area contributed by atoms with E-state index < -0.39 is 12.0 Å². The third-order valence-corrected chi connectivity index (χ3v) is 8.11. The molecule has 1 aliphatic heterocycles. The molecule has 3 heterocycles. The van der Waals surface area contributed by atoms with Crippen LogP contribution in [0.1, 0.15) is 42.4 Å². The van der Waals surface area contributed by atoms with Crippen LogP contribution in [0.25, 0.3) is 11.4 Å². The van der Waals surface area contributed by atoms with Crippen molar-refractivity contribution in [2.24, 2.45) is 0 Å². The number of benzene rings is 2. The Kier molecular flexibility index (Phi) is 9.72. The van der Waals surface area contributed by atoms with Crippen LogP contribution in [0.4, 0.5) is 15.1 Å². The number of carboxylic acid groups (broad SMARTS) is 1. The van der Waals surface area contributed by atoms with Gasteiger partial charge in [0.1, 0.15) is 17.3 Å². The number of rotatable bonds is 10. The minimum absolute atomic E-state index is 0.0196. The predicted octanol–water partition coefficient (Wildman–Crippen LogP) is 5.35. The summed E-state index contributed by atoms with van der Waals surface area (Å²) in [7, 11) is 3.26. The second-order valence-corrected chi connectivity index (χ2v) is 11.2. The number of pyridine rings is 1. The molecule has 2 unspecified atom stereocenters. The molecule has 1 fully saturated rings. The van der Waals surface area contributed by atoms with Gasteiger partial charge in [-0.2, -0.15) is 14.4 Å². The number of piperazine rings is 1. The second-order valence-electron chi connectivity index (χ2n) is 11.2. The highest BCUT2D eigenvalue weighted by Crippen LogP contribution is 2.29. The van der Waals surface area contributed by atoms with Crippen LogP contribution in [0.3, 0.4) is 0 Å². The van der Waals surface area contributed by atoms with Gasteiger partial charge in [0.15, 0.2) is 5.82 Å². The molecule has 0 spiro atoms. The third kappa shape index (κ3) is 7.46. The van der Waals surface area contributed by atoms with Crippen molar-refractivity contribution in [1.82, 2.24) is 29.7 Å². The van der Waals surface area contributed by atoms with Crippen molar-refractivity contribution in [1.29, 1.82) is 0 Å². The maximum Gasteiger partial charge on any atom is 0.407 e. The van der Waals surface area contributed by atoms with Gasteiger partial charge in [0.25, 0.3) is 0 Å². The van der Waals surface area contributed by atoms with Gasteiger partial charge in [0.05, 0.1) is 19.8 Å². The van der Waals surface area contributed by atoms with Gasteiger partial charge >= 0.3 is 6.09 Å². The number of halogens is 1. The number of hydrogen-bond acceptors (Lipinski definition) is 9. The highest BCUT2D eigenvalue weighted by Gasteiger charge is 2.30. The molecular formula is C33H38FN7O4. The van der Waals surface area contributed by atoms with Gasteiger partial charge in [-0.25, -0.2) is 14.8 Å². The summed E-state index contributed by atoms with van der Waals surface area (Å²) >= 11 is 0. The van der Waals surface area contributed by atoms with E-state index in [-0.39, 0.29) is 23.5 Å². The molecule has 0 bridgehead atoms. The summed E-state index contributed by atoms with van der Waals surface area (Å²) in [5.74, 6) is 1.88. The first-order valence-corrected chi connectivity index (χ1v) is 14.8. The number of carbonyl (C=O) groups is 1. The van der Waals surface area contributed by atoms with Crippen LogP contribution >= 0.6 is 0 Å². The number of methoxy groups -OCH3 is 2. The molecular weight excluding hydrogens is 577 g/mol. The molecule has 5 rings (SSSR count). The van der Waals surface area contributed by atoms with E-state index in [0.29, 0.717) is 44.5 Å². The number of amides is 1. The average Bonchev–Trinajstić information content (AvgIpc) is 3.04. The van der Waals surface area contributed by atoms with Crippen molar-refractivity contribution in [2.75, 3.05) is 38.8 Å². The SMILES string of the molecule is COc1ccc(CN(Cc2ccc(OC)cc2)c2nc(C)nc(-c3cc(C(C)N4CCN(C(=O)O)CC4C)cnc3F)n2)cc1. The van der Waals surface area contributed by atoms with Gasteiger partial charge in [-0.1, -0.05) is 24.3 Å². The van der Waals surface area contributed by atoms with Crippen molar-refractivity contribution in [2.45, 2.75) is 45.9 Å². The quantitative estimate of drug-likeness (QED) is 0.234.